The van der Waals surface area contributed by atoms with Crippen LogP contribution in [0.3, 0.4) is 0 Å². The van der Waals surface area contributed by atoms with E-state index in [1.165, 1.54) is 25.7 Å². The lowest BCUT2D eigenvalue weighted by Crippen LogP contribution is -2.58. The van der Waals surface area contributed by atoms with Gasteiger partial charge in [-0.25, -0.2) is 0 Å². The molecule has 1 saturated heterocycles. The number of hydrogen-bond donors (Lipinski definition) is 2. The van der Waals surface area contributed by atoms with Gasteiger partial charge >= 0.3 is 0 Å². The van der Waals surface area contributed by atoms with Crippen LogP contribution >= 0.6 is 0 Å². The molecule has 0 aromatic heterocycles. The van der Waals surface area contributed by atoms with Crippen molar-refractivity contribution in [1.29, 1.82) is 0 Å². The molecule has 2 atom stereocenters. The third-order valence-electron chi connectivity index (χ3n) is 4.04. The Morgan fingerprint density at radius 1 is 1.42 bits per heavy atom. The van der Waals surface area contributed by atoms with Crippen LogP contribution in [0, 0.1) is 5.92 Å². The molecule has 0 saturated carbocycles. The molecule has 1 aliphatic rings. The average molecular weight is 269 g/mol. The van der Waals surface area contributed by atoms with Crippen molar-refractivity contribution in [3.05, 3.63) is 0 Å². The van der Waals surface area contributed by atoms with Crippen molar-refractivity contribution in [2.24, 2.45) is 5.92 Å². The maximum absolute atomic E-state index is 12.1. The van der Waals surface area contributed by atoms with Crippen LogP contribution in [0.15, 0.2) is 0 Å². The maximum Gasteiger partial charge on any atom is 0.238 e. The molecule has 1 rings (SSSR count). The molecule has 0 aromatic rings. The summed E-state index contributed by atoms with van der Waals surface area (Å²) in [5.74, 6) is 0.912. The Labute approximate surface area is 118 Å². The van der Waals surface area contributed by atoms with Gasteiger partial charge in [-0.15, -0.1) is 0 Å². The molecule has 112 valence electrons. The van der Waals surface area contributed by atoms with Crippen molar-refractivity contribution in [2.75, 3.05) is 32.7 Å². The number of likely N-dealkylation sites (N-methyl/N-ethyl adjacent to an activating group) is 1. The zero-order valence-electron chi connectivity index (χ0n) is 12.9. The summed E-state index contributed by atoms with van der Waals surface area (Å²) in [6.07, 6.45) is 5.07. The number of amides is 1. The molecule has 0 aromatic carbocycles. The van der Waals surface area contributed by atoms with Gasteiger partial charge in [0.2, 0.25) is 5.91 Å². The minimum absolute atomic E-state index is 0.0179. The van der Waals surface area contributed by atoms with Gasteiger partial charge in [0, 0.05) is 32.7 Å². The summed E-state index contributed by atoms with van der Waals surface area (Å²) in [6, 6.07) is 0.0179. The van der Waals surface area contributed by atoms with Crippen LogP contribution in [0.1, 0.15) is 46.5 Å². The fraction of sp³-hybridized carbons (Fsp3) is 0.933. The van der Waals surface area contributed by atoms with E-state index in [2.05, 4.69) is 29.4 Å². The van der Waals surface area contributed by atoms with Gasteiger partial charge in [0.25, 0.3) is 0 Å². The molecule has 4 heteroatoms. The number of hydrogen-bond acceptors (Lipinski definition) is 3. The lowest BCUT2D eigenvalue weighted by atomic mass is 9.97. The molecule has 1 heterocycles. The summed E-state index contributed by atoms with van der Waals surface area (Å²) < 4.78 is 0. The molecule has 4 nitrogen and oxygen atoms in total. The molecule has 2 unspecified atom stereocenters. The van der Waals surface area contributed by atoms with Crippen molar-refractivity contribution in [1.82, 2.24) is 15.5 Å². The summed E-state index contributed by atoms with van der Waals surface area (Å²) >= 11 is 0. The first-order valence-electron chi connectivity index (χ1n) is 7.95. The van der Waals surface area contributed by atoms with Crippen LogP contribution in [0.5, 0.6) is 0 Å². The van der Waals surface area contributed by atoms with E-state index in [1.54, 1.807) is 0 Å². The molecule has 0 radical (unpaired) electrons. The molecule has 0 bridgehead atoms. The highest BCUT2D eigenvalue weighted by Gasteiger charge is 2.29. The third kappa shape index (κ3) is 5.49. The largest absolute Gasteiger partial charge is 0.355 e. The second-order valence-electron chi connectivity index (χ2n) is 5.53. The second kappa shape index (κ2) is 9.32. The highest BCUT2D eigenvalue weighted by atomic mass is 16.2. The van der Waals surface area contributed by atoms with Crippen molar-refractivity contribution < 1.29 is 4.79 Å². The summed E-state index contributed by atoms with van der Waals surface area (Å²) in [6.45, 7) is 11.1. The number of rotatable bonds is 8. The van der Waals surface area contributed by atoms with E-state index in [-0.39, 0.29) is 11.9 Å². The van der Waals surface area contributed by atoms with Crippen LogP contribution in [0.2, 0.25) is 0 Å². The predicted octanol–water partition coefficient (Wildman–Crippen LogP) is 1.61. The van der Waals surface area contributed by atoms with Gasteiger partial charge in [-0.3, -0.25) is 9.69 Å². The van der Waals surface area contributed by atoms with E-state index >= 15 is 0 Å². The van der Waals surface area contributed by atoms with Gasteiger partial charge in [0.15, 0.2) is 0 Å². The van der Waals surface area contributed by atoms with Crippen LogP contribution in [-0.2, 0) is 4.79 Å². The minimum Gasteiger partial charge on any atom is -0.355 e. The number of nitrogens with one attached hydrogen (secondary N) is 2. The number of carbonyl (C=O) groups is 1. The first-order valence-corrected chi connectivity index (χ1v) is 7.95. The Hall–Kier alpha value is -0.610. The van der Waals surface area contributed by atoms with Gasteiger partial charge < -0.3 is 10.6 Å². The number of unbranched alkanes of at least 4 members (excludes halogenated alkanes) is 1. The van der Waals surface area contributed by atoms with Gasteiger partial charge in [-0.1, -0.05) is 33.1 Å². The quantitative estimate of drug-likeness (QED) is 0.704. The van der Waals surface area contributed by atoms with E-state index in [0.717, 1.165) is 38.6 Å². The summed E-state index contributed by atoms with van der Waals surface area (Å²) in [5.41, 5.74) is 0. The first kappa shape index (κ1) is 16.4. The Kier molecular flexibility index (Phi) is 8.07. The highest BCUT2D eigenvalue weighted by Crippen LogP contribution is 2.16. The Bertz CT molecular complexity index is 258. The zero-order chi connectivity index (χ0) is 14.1. The Morgan fingerprint density at radius 2 is 2.21 bits per heavy atom. The monoisotopic (exact) mass is 269 g/mol. The van der Waals surface area contributed by atoms with Crippen molar-refractivity contribution in [3.63, 3.8) is 0 Å². The van der Waals surface area contributed by atoms with E-state index in [4.69, 9.17) is 0 Å². The van der Waals surface area contributed by atoms with Crippen molar-refractivity contribution in [3.8, 4) is 0 Å². The Morgan fingerprint density at radius 3 is 2.84 bits per heavy atom. The molecule has 1 amide bonds. The lowest BCUT2D eigenvalue weighted by Gasteiger charge is -2.37. The third-order valence-corrected chi connectivity index (χ3v) is 4.04. The Balaban J connectivity index is 2.52. The first-order chi connectivity index (χ1) is 9.22. The standard InChI is InChI=1S/C15H31N3O/c1-4-7-8-13(5-2)12-18-10-9-16-11-14(18)15(19)17-6-3/h13-14,16H,4-12H2,1-3H3,(H,17,19). The average Bonchev–Trinajstić information content (AvgIpc) is 2.44. The molecular formula is C15H31N3O. The SMILES string of the molecule is CCCCC(CC)CN1CCNCC1C(=O)NCC. The van der Waals surface area contributed by atoms with Gasteiger partial charge in [0.05, 0.1) is 0 Å². The van der Waals surface area contributed by atoms with Crippen LogP contribution in [0.4, 0.5) is 0 Å². The van der Waals surface area contributed by atoms with Crippen molar-refractivity contribution in [2.45, 2.75) is 52.5 Å². The summed E-state index contributed by atoms with van der Waals surface area (Å²) in [7, 11) is 0. The summed E-state index contributed by atoms with van der Waals surface area (Å²) in [4.78, 5) is 14.5. The van der Waals surface area contributed by atoms with Crippen LogP contribution in [0.25, 0.3) is 0 Å². The van der Waals surface area contributed by atoms with E-state index in [1.807, 2.05) is 6.92 Å². The topological polar surface area (TPSA) is 44.4 Å². The number of nitrogens with zero attached hydrogens (tertiary/aromatic N) is 1. The fourth-order valence-corrected chi connectivity index (χ4v) is 2.76. The van der Waals surface area contributed by atoms with Gasteiger partial charge in [-0.2, -0.15) is 0 Å². The fourth-order valence-electron chi connectivity index (χ4n) is 2.76. The zero-order valence-corrected chi connectivity index (χ0v) is 12.9. The molecular weight excluding hydrogens is 238 g/mol. The van der Waals surface area contributed by atoms with Crippen LogP contribution < -0.4 is 10.6 Å². The molecule has 19 heavy (non-hydrogen) atoms. The molecule has 0 spiro atoms. The van der Waals surface area contributed by atoms with Crippen molar-refractivity contribution >= 4 is 5.91 Å². The van der Waals surface area contributed by atoms with Gasteiger partial charge in [-0.05, 0) is 19.3 Å². The van der Waals surface area contributed by atoms with E-state index in [9.17, 15) is 4.79 Å². The molecule has 2 N–H and O–H groups in total. The van der Waals surface area contributed by atoms with Crippen LogP contribution in [-0.4, -0.2) is 49.6 Å². The van der Waals surface area contributed by atoms with E-state index < -0.39 is 0 Å². The van der Waals surface area contributed by atoms with Gasteiger partial charge in [0.1, 0.15) is 6.04 Å². The number of carbonyl (C=O) groups excluding carboxylic acids is 1. The van der Waals surface area contributed by atoms with E-state index in [0.29, 0.717) is 0 Å². The molecule has 0 aliphatic carbocycles. The summed E-state index contributed by atoms with van der Waals surface area (Å²) in [5, 5.41) is 6.30. The lowest BCUT2D eigenvalue weighted by molar-refractivity contribution is -0.127. The minimum atomic E-state index is 0.0179. The highest BCUT2D eigenvalue weighted by molar-refractivity contribution is 5.82. The second-order valence-corrected chi connectivity index (χ2v) is 5.53. The normalized spacial score (nSPS) is 22.2. The maximum atomic E-state index is 12.1. The molecule has 1 aliphatic heterocycles. The predicted molar refractivity (Wildman–Crippen MR) is 80.2 cm³/mol. The molecule has 1 fully saturated rings. The smallest absolute Gasteiger partial charge is 0.238 e. The number of piperazine rings is 1.